The highest BCUT2D eigenvalue weighted by Crippen LogP contribution is 2.37. The maximum atomic E-state index is 13.7. The number of aromatic amines is 1. The molecule has 2 heterocycles. The maximum absolute atomic E-state index is 13.7. The fourth-order valence-corrected chi connectivity index (χ4v) is 5.26. The Bertz CT molecular complexity index is 1380. The summed E-state index contributed by atoms with van der Waals surface area (Å²) in [6.45, 7) is 6.82. The predicted octanol–water partition coefficient (Wildman–Crippen LogP) is 5.10. The average Bonchev–Trinajstić information content (AvgIpc) is 3.19. The summed E-state index contributed by atoms with van der Waals surface area (Å²) in [7, 11) is -2.98. The fourth-order valence-electron chi connectivity index (χ4n) is 4.45. The van der Waals surface area contributed by atoms with Gasteiger partial charge in [0.1, 0.15) is 11.6 Å². The van der Waals surface area contributed by atoms with Gasteiger partial charge in [0.2, 0.25) is 0 Å². The van der Waals surface area contributed by atoms with Gasteiger partial charge in [-0.25, -0.2) is 9.18 Å². The standard InChI is InChI=1S/C25H29F4N4O4P/c1-15-11-18(13-19(12-15)25(27,28)29)16(2)37-23-22(17-5-7-20(26)8-6-17)32(9-10-36-23)14-21-30-24(34)33(31-21)38(3,4)35/h5-8,11-13,16,22-23H,9-10,14H2,1-4H3,(H,30,31,34)/t16-,22+,23-/m1/s1. The number of rotatable bonds is 7. The lowest BCUT2D eigenvalue weighted by Crippen LogP contribution is -2.46. The number of morpholine rings is 1. The topological polar surface area (TPSA) is 89.4 Å². The molecule has 0 radical (unpaired) electrons. The van der Waals surface area contributed by atoms with Crippen molar-refractivity contribution in [2.24, 2.45) is 0 Å². The van der Waals surface area contributed by atoms with E-state index >= 15 is 0 Å². The zero-order chi connectivity index (χ0) is 27.8. The van der Waals surface area contributed by atoms with E-state index in [1.807, 2.05) is 4.90 Å². The first-order valence-corrected chi connectivity index (χ1v) is 14.5. The lowest BCUT2D eigenvalue weighted by atomic mass is 10.0. The van der Waals surface area contributed by atoms with E-state index in [-0.39, 0.29) is 19.0 Å². The Morgan fingerprint density at radius 1 is 1.21 bits per heavy atom. The van der Waals surface area contributed by atoms with Crippen LogP contribution in [0.3, 0.4) is 0 Å². The summed E-state index contributed by atoms with van der Waals surface area (Å²) >= 11 is 0. The van der Waals surface area contributed by atoms with Gasteiger partial charge in [-0.1, -0.05) is 23.8 Å². The number of halogens is 4. The van der Waals surface area contributed by atoms with Gasteiger partial charge in [-0.15, -0.1) is 5.10 Å². The molecular weight excluding hydrogens is 527 g/mol. The normalized spacial score (nSPS) is 20.0. The highest BCUT2D eigenvalue weighted by Gasteiger charge is 2.37. The van der Waals surface area contributed by atoms with Crippen molar-refractivity contribution < 1.29 is 31.6 Å². The molecule has 1 saturated heterocycles. The molecule has 0 bridgehead atoms. The molecule has 1 aromatic heterocycles. The highest BCUT2D eigenvalue weighted by molar-refractivity contribution is 7.60. The number of ether oxygens (including phenoxy) is 2. The van der Waals surface area contributed by atoms with Crippen LogP contribution >= 0.6 is 7.29 Å². The van der Waals surface area contributed by atoms with Crippen LogP contribution in [0.25, 0.3) is 0 Å². The Kier molecular flexibility index (Phi) is 7.99. The van der Waals surface area contributed by atoms with Crippen molar-refractivity contribution in [1.82, 2.24) is 19.4 Å². The molecule has 0 unspecified atom stereocenters. The lowest BCUT2D eigenvalue weighted by Gasteiger charge is -2.41. The Morgan fingerprint density at radius 2 is 1.89 bits per heavy atom. The molecule has 2 aromatic carbocycles. The molecule has 3 atom stereocenters. The minimum Gasteiger partial charge on any atom is -0.349 e. The molecule has 13 heteroatoms. The van der Waals surface area contributed by atoms with Crippen LogP contribution in [0.1, 0.15) is 47.1 Å². The molecule has 3 aromatic rings. The number of nitrogens with zero attached hydrogens (tertiary/aromatic N) is 3. The second kappa shape index (κ2) is 10.8. The maximum Gasteiger partial charge on any atom is 0.416 e. The van der Waals surface area contributed by atoms with Crippen molar-refractivity contribution in [1.29, 1.82) is 0 Å². The Hall–Kier alpha value is -2.79. The second-order valence-electron chi connectivity index (χ2n) is 9.67. The van der Waals surface area contributed by atoms with Crippen molar-refractivity contribution >= 4 is 7.29 Å². The van der Waals surface area contributed by atoms with Crippen LogP contribution in [0.15, 0.2) is 47.3 Å². The molecule has 1 aliphatic rings. The predicted molar refractivity (Wildman–Crippen MR) is 133 cm³/mol. The summed E-state index contributed by atoms with van der Waals surface area (Å²) < 4.78 is 79.3. The van der Waals surface area contributed by atoms with Crippen LogP contribution in [0.5, 0.6) is 0 Å². The quantitative estimate of drug-likeness (QED) is 0.322. The van der Waals surface area contributed by atoms with Crippen LogP contribution in [-0.2, 0) is 26.8 Å². The van der Waals surface area contributed by atoms with Gasteiger partial charge in [-0.3, -0.25) is 14.4 Å². The number of nitrogens with one attached hydrogen (secondary N) is 1. The average molecular weight is 556 g/mol. The van der Waals surface area contributed by atoms with Crippen molar-refractivity contribution in [3.05, 3.63) is 86.8 Å². The third kappa shape index (κ3) is 6.43. The van der Waals surface area contributed by atoms with Crippen molar-refractivity contribution in [2.45, 2.75) is 45.0 Å². The smallest absolute Gasteiger partial charge is 0.349 e. The number of benzene rings is 2. The van der Waals surface area contributed by atoms with E-state index in [1.165, 1.54) is 25.5 Å². The van der Waals surface area contributed by atoms with Crippen LogP contribution in [0.4, 0.5) is 17.6 Å². The molecule has 1 fully saturated rings. The number of aryl methyl sites for hydroxylation is 1. The van der Waals surface area contributed by atoms with E-state index in [0.29, 0.717) is 23.2 Å². The summed E-state index contributed by atoms with van der Waals surface area (Å²) in [5.74, 6) is -0.166. The molecule has 1 N–H and O–H groups in total. The van der Waals surface area contributed by atoms with Gasteiger partial charge in [-0.2, -0.15) is 17.6 Å². The third-order valence-corrected chi connectivity index (χ3v) is 7.40. The zero-order valence-electron chi connectivity index (χ0n) is 21.3. The summed E-state index contributed by atoms with van der Waals surface area (Å²) in [4.78, 5) is 16.8. The molecule has 0 amide bonds. The SMILES string of the molecule is Cc1cc([C@@H](C)O[C@H]2OCCN(Cc3nn(P(C)(C)=O)c(=O)[nH]3)[C@H]2c2ccc(F)cc2)cc(C(F)(F)F)c1. The van der Waals surface area contributed by atoms with Crippen molar-refractivity contribution in [2.75, 3.05) is 26.5 Å². The minimum absolute atomic E-state index is 0.130. The molecule has 4 rings (SSSR count). The first kappa shape index (κ1) is 28.2. The van der Waals surface area contributed by atoms with E-state index in [2.05, 4.69) is 10.1 Å². The van der Waals surface area contributed by atoms with Crippen LogP contribution in [0.2, 0.25) is 0 Å². The molecule has 1 aliphatic heterocycles. The Morgan fingerprint density at radius 3 is 2.50 bits per heavy atom. The van der Waals surface area contributed by atoms with Crippen LogP contribution in [-0.4, -0.2) is 52.2 Å². The van der Waals surface area contributed by atoms with Crippen LogP contribution < -0.4 is 5.69 Å². The van der Waals surface area contributed by atoms with E-state index in [9.17, 15) is 26.9 Å². The Balaban J connectivity index is 1.65. The highest BCUT2D eigenvalue weighted by atomic mass is 31.2. The van der Waals surface area contributed by atoms with E-state index in [4.69, 9.17) is 9.47 Å². The van der Waals surface area contributed by atoms with Gasteiger partial charge in [0.25, 0.3) is 0 Å². The monoisotopic (exact) mass is 556 g/mol. The fraction of sp³-hybridized carbons (Fsp3) is 0.440. The third-order valence-electron chi connectivity index (χ3n) is 6.22. The first-order valence-electron chi connectivity index (χ1n) is 11.9. The van der Waals surface area contributed by atoms with Gasteiger partial charge < -0.3 is 9.47 Å². The summed E-state index contributed by atoms with van der Waals surface area (Å²) in [5.41, 5.74) is 0.0481. The number of H-pyrrole nitrogens is 1. The van der Waals surface area contributed by atoms with Gasteiger partial charge in [-0.05, 0) is 49.2 Å². The molecule has 0 aliphatic carbocycles. The van der Waals surface area contributed by atoms with Crippen molar-refractivity contribution in [3.63, 3.8) is 0 Å². The molecule has 0 spiro atoms. The van der Waals surface area contributed by atoms with E-state index in [0.717, 1.165) is 16.6 Å². The van der Waals surface area contributed by atoms with Crippen LogP contribution in [0, 0.1) is 12.7 Å². The van der Waals surface area contributed by atoms with E-state index in [1.54, 1.807) is 32.0 Å². The number of alkyl halides is 3. The molecule has 38 heavy (non-hydrogen) atoms. The van der Waals surface area contributed by atoms with Gasteiger partial charge in [0, 0.05) is 19.9 Å². The minimum atomic E-state index is -4.50. The summed E-state index contributed by atoms with van der Waals surface area (Å²) in [5, 5.41) is 4.19. The molecular formula is C25H29F4N4O4P. The van der Waals surface area contributed by atoms with Gasteiger partial charge >= 0.3 is 11.9 Å². The lowest BCUT2D eigenvalue weighted by molar-refractivity contribution is -0.231. The number of hydrogen-bond donors (Lipinski definition) is 1. The van der Waals surface area contributed by atoms with Gasteiger partial charge in [0.15, 0.2) is 13.6 Å². The summed E-state index contributed by atoms with van der Waals surface area (Å²) in [6, 6.07) is 8.87. The Labute approximate surface area is 217 Å². The second-order valence-corrected chi connectivity index (χ2v) is 12.6. The van der Waals surface area contributed by atoms with Gasteiger partial charge in [0.05, 0.1) is 30.9 Å². The van der Waals surface area contributed by atoms with E-state index < -0.39 is 49.0 Å². The zero-order valence-corrected chi connectivity index (χ0v) is 22.2. The first-order chi connectivity index (χ1) is 17.7. The molecule has 206 valence electrons. The van der Waals surface area contributed by atoms with Crippen molar-refractivity contribution in [3.8, 4) is 0 Å². The molecule has 8 nitrogen and oxygen atoms in total. The number of aromatic nitrogens is 3. The number of hydrogen-bond acceptors (Lipinski definition) is 6. The largest absolute Gasteiger partial charge is 0.416 e. The summed E-state index contributed by atoms with van der Waals surface area (Å²) in [6.07, 6.45) is -6.21. The molecule has 0 saturated carbocycles.